The highest BCUT2D eigenvalue weighted by molar-refractivity contribution is 6.19. The van der Waals surface area contributed by atoms with Gasteiger partial charge < -0.3 is 9.13 Å². The van der Waals surface area contributed by atoms with Crippen LogP contribution in [0.1, 0.15) is 0 Å². The van der Waals surface area contributed by atoms with Gasteiger partial charge in [-0.1, -0.05) is 140 Å². The van der Waals surface area contributed by atoms with Gasteiger partial charge in [-0.25, -0.2) is 0 Å². The molecule has 0 N–H and O–H groups in total. The highest BCUT2D eigenvalue weighted by Gasteiger charge is 2.19. The average Bonchev–Trinajstić information content (AvgIpc) is 3.69. The fourth-order valence-electron chi connectivity index (χ4n) is 7.73. The second-order valence-corrected chi connectivity index (χ2v) is 13.0. The Bertz CT molecular complexity index is 2820. The first-order valence-corrected chi connectivity index (χ1v) is 17.2. The maximum atomic E-state index is 2.44. The Labute approximate surface area is 290 Å². The molecular weight excluding hydrogens is 605 g/mol. The molecule has 2 heterocycles. The first kappa shape index (κ1) is 28.4. The molecule has 2 aromatic heterocycles. The zero-order chi connectivity index (χ0) is 33.0. The largest absolute Gasteiger partial charge is 0.309 e. The molecule has 0 radical (unpaired) electrons. The maximum absolute atomic E-state index is 2.44. The highest BCUT2D eigenvalue weighted by Crippen LogP contribution is 2.41. The number of benzene rings is 8. The molecule has 10 rings (SSSR count). The molecule has 0 amide bonds. The molecule has 0 unspecified atom stereocenters. The molecule has 0 fully saturated rings. The SMILES string of the molecule is c1ccc(-c2ccc(-c3cccc(-n4c5ccccc5c5cc6c(cc54)c4cc(-c5ccccc5)ccc4n6-c4ccccc4)c3)cc2)cc1. The van der Waals surface area contributed by atoms with E-state index in [2.05, 4.69) is 203 Å². The fourth-order valence-corrected chi connectivity index (χ4v) is 7.73. The second-order valence-electron chi connectivity index (χ2n) is 13.0. The first-order chi connectivity index (χ1) is 24.8. The Morgan fingerprint density at radius 1 is 0.220 bits per heavy atom. The summed E-state index contributed by atoms with van der Waals surface area (Å²) in [7, 11) is 0. The zero-order valence-electron chi connectivity index (χ0n) is 27.4. The Kier molecular flexibility index (Phi) is 6.53. The Hall–Kier alpha value is -6.64. The van der Waals surface area contributed by atoms with E-state index in [-0.39, 0.29) is 0 Å². The normalized spacial score (nSPS) is 11.6. The van der Waals surface area contributed by atoms with Gasteiger partial charge in [0, 0.05) is 32.9 Å². The number of nitrogens with zero attached hydrogens (tertiary/aromatic N) is 2. The van der Waals surface area contributed by atoms with Crippen LogP contribution in [0.5, 0.6) is 0 Å². The van der Waals surface area contributed by atoms with Crippen LogP contribution in [0.3, 0.4) is 0 Å². The summed E-state index contributed by atoms with van der Waals surface area (Å²) in [6.45, 7) is 0. The lowest BCUT2D eigenvalue weighted by atomic mass is 10.00. The predicted molar refractivity (Wildman–Crippen MR) is 211 cm³/mol. The summed E-state index contributed by atoms with van der Waals surface area (Å²) >= 11 is 0. The van der Waals surface area contributed by atoms with Gasteiger partial charge in [-0.3, -0.25) is 0 Å². The van der Waals surface area contributed by atoms with E-state index >= 15 is 0 Å². The Morgan fingerprint density at radius 2 is 0.640 bits per heavy atom. The summed E-state index contributed by atoms with van der Waals surface area (Å²) in [6.07, 6.45) is 0. The van der Waals surface area contributed by atoms with E-state index in [1.165, 1.54) is 77.0 Å². The maximum Gasteiger partial charge on any atom is 0.0548 e. The quantitative estimate of drug-likeness (QED) is 0.178. The molecule has 234 valence electrons. The molecule has 0 aliphatic rings. The summed E-state index contributed by atoms with van der Waals surface area (Å²) in [5.41, 5.74) is 14.4. The van der Waals surface area contributed by atoms with Crippen molar-refractivity contribution >= 4 is 43.6 Å². The van der Waals surface area contributed by atoms with E-state index in [9.17, 15) is 0 Å². The number of aromatic nitrogens is 2. The minimum Gasteiger partial charge on any atom is -0.309 e. The van der Waals surface area contributed by atoms with Crippen molar-refractivity contribution in [2.45, 2.75) is 0 Å². The molecule has 0 aliphatic carbocycles. The first-order valence-electron chi connectivity index (χ1n) is 17.2. The Morgan fingerprint density at radius 3 is 1.34 bits per heavy atom. The molecule has 0 saturated heterocycles. The molecule has 2 heteroatoms. The number of hydrogen-bond acceptors (Lipinski definition) is 0. The van der Waals surface area contributed by atoms with Crippen LogP contribution in [0.15, 0.2) is 194 Å². The van der Waals surface area contributed by atoms with Gasteiger partial charge in [-0.2, -0.15) is 0 Å². The van der Waals surface area contributed by atoms with E-state index in [0.29, 0.717) is 0 Å². The molecule has 0 spiro atoms. The van der Waals surface area contributed by atoms with Crippen LogP contribution in [-0.2, 0) is 0 Å². The van der Waals surface area contributed by atoms with Gasteiger partial charge in [0.25, 0.3) is 0 Å². The third-order valence-electron chi connectivity index (χ3n) is 10.1. The van der Waals surface area contributed by atoms with Gasteiger partial charge in [0.1, 0.15) is 0 Å². The fraction of sp³-hybridized carbons (Fsp3) is 0. The van der Waals surface area contributed by atoms with E-state index in [4.69, 9.17) is 0 Å². The summed E-state index contributed by atoms with van der Waals surface area (Å²) in [5.74, 6) is 0. The minimum absolute atomic E-state index is 1.15. The van der Waals surface area contributed by atoms with Crippen LogP contribution in [0.25, 0.3) is 88.4 Å². The summed E-state index contributed by atoms with van der Waals surface area (Å²) < 4.78 is 4.86. The lowest BCUT2D eigenvalue weighted by molar-refractivity contribution is 1.17. The standard InChI is InChI=1S/C48H32N2/c1-4-13-33(14-5-1)35-23-25-36(26-24-35)37-17-12-20-40(29-37)50-45-22-11-10-21-41(45)43-31-48-44(32-47(43)50)42-30-38(34-15-6-2-7-16-34)27-28-46(42)49(48)39-18-8-3-9-19-39/h1-32H. The van der Waals surface area contributed by atoms with Gasteiger partial charge in [-0.15, -0.1) is 0 Å². The topological polar surface area (TPSA) is 9.86 Å². The van der Waals surface area contributed by atoms with Crippen LogP contribution in [0.2, 0.25) is 0 Å². The molecule has 0 aliphatic heterocycles. The molecule has 0 bridgehead atoms. The van der Waals surface area contributed by atoms with E-state index in [1.807, 2.05) is 0 Å². The average molecular weight is 637 g/mol. The van der Waals surface area contributed by atoms with Crippen molar-refractivity contribution in [3.05, 3.63) is 194 Å². The number of fused-ring (bicyclic) bond motifs is 6. The van der Waals surface area contributed by atoms with Crippen molar-refractivity contribution in [3.8, 4) is 44.8 Å². The zero-order valence-corrected chi connectivity index (χ0v) is 27.4. The molecule has 50 heavy (non-hydrogen) atoms. The van der Waals surface area contributed by atoms with E-state index in [1.54, 1.807) is 0 Å². The molecule has 10 aromatic rings. The molecule has 8 aromatic carbocycles. The van der Waals surface area contributed by atoms with E-state index in [0.717, 1.165) is 11.4 Å². The van der Waals surface area contributed by atoms with Crippen LogP contribution in [-0.4, -0.2) is 9.13 Å². The lowest BCUT2D eigenvalue weighted by Gasteiger charge is -2.11. The molecule has 0 atom stereocenters. The summed E-state index contributed by atoms with van der Waals surface area (Å²) in [5, 5.41) is 4.98. The summed E-state index contributed by atoms with van der Waals surface area (Å²) in [4.78, 5) is 0. The van der Waals surface area contributed by atoms with Crippen LogP contribution in [0, 0.1) is 0 Å². The predicted octanol–water partition coefficient (Wildman–Crippen LogP) is 12.9. The van der Waals surface area contributed by atoms with Gasteiger partial charge in [0.15, 0.2) is 0 Å². The van der Waals surface area contributed by atoms with Gasteiger partial charge in [-0.05, 0) is 88.0 Å². The smallest absolute Gasteiger partial charge is 0.0548 e. The van der Waals surface area contributed by atoms with Crippen molar-refractivity contribution in [2.24, 2.45) is 0 Å². The van der Waals surface area contributed by atoms with Crippen molar-refractivity contribution in [3.63, 3.8) is 0 Å². The molecular formula is C48H32N2. The summed E-state index contributed by atoms with van der Waals surface area (Å²) in [6, 6.07) is 70.4. The van der Waals surface area contributed by atoms with Crippen LogP contribution in [0.4, 0.5) is 0 Å². The minimum atomic E-state index is 1.15. The van der Waals surface area contributed by atoms with Gasteiger partial charge in [0.2, 0.25) is 0 Å². The van der Waals surface area contributed by atoms with Crippen molar-refractivity contribution < 1.29 is 0 Å². The van der Waals surface area contributed by atoms with E-state index < -0.39 is 0 Å². The third-order valence-corrected chi connectivity index (χ3v) is 10.1. The van der Waals surface area contributed by atoms with Crippen molar-refractivity contribution in [1.82, 2.24) is 9.13 Å². The van der Waals surface area contributed by atoms with Crippen LogP contribution >= 0.6 is 0 Å². The monoisotopic (exact) mass is 636 g/mol. The Balaban J connectivity index is 1.21. The molecule has 2 nitrogen and oxygen atoms in total. The lowest BCUT2D eigenvalue weighted by Crippen LogP contribution is -1.95. The second kappa shape index (κ2) is 11.5. The third kappa shape index (κ3) is 4.57. The van der Waals surface area contributed by atoms with Crippen molar-refractivity contribution in [2.75, 3.05) is 0 Å². The number of rotatable bonds is 5. The number of hydrogen-bond donors (Lipinski definition) is 0. The van der Waals surface area contributed by atoms with Crippen LogP contribution < -0.4 is 0 Å². The number of para-hydroxylation sites is 2. The van der Waals surface area contributed by atoms with Gasteiger partial charge >= 0.3 is 0 Å². The highest BCUT2D eigenvalue weighted by atomic mass is 15.0. The van der Waals surface area contributed by atoms with Crippen molar-refractivity contribution in [1.29, 1.82) is 0 Å². The van der Waals surface area contributed by atoms with Gasteiger partial charge in [0.05, 0.1) is 22.1 Å². The molecule has 0 saturated carbocycles.